The molecular weight excluding hydrogens is 364 g/mol. The molecule has 1 N–H and O–H groups in total. The number of ether oxygens (including phenoxy) is 1. The van der Waals surface area contributed by atoms with Crippen LogP contribution in [0.15, 0.2) is 59.6 Å². The van der Waals surface area contributed by atoms with E-state index in [1.165, 1.54) is 0 Å². The molecule has 27 heavy (non-hydrogen) atoms. The van der Waals surface area contributed by atoms with Crippen molar-refractivity contribution in [3.05, 3.63) is 60.4 Å². The van der Waals surface area contributed by atoms with Crippen molar-refractivity contribution in [3.63, 3.8) is 0 Å². The number of hydrogen-bond acceptors (Lipinski definition) is 6. The Bertz CT molecular complexity index is 893. The van der Waals surface area contributed by atoms with Crippen molar-refractivity contribution in [1.82, 2.24) is 10.3 Å². The number of rotatable bonds is 4. The van der Waals surface area contributed by atoms with Crippen LogP contribution in [0.2, 0.25) is 0 Å². The minimum atomic E-state index is -3.66. The molecular formula is C20H24N2O4S. The largest absolute Gasteiger partial charge is 0.459 e. The van der Waals surface area contributed by atoms with Gasteiger partial charge >= 0.3 is 5.97 Å². The summed E-state index contributed by atoms with van der Waals surface area (Å²) >= 11 is 0. The molecule has 1 saturated heterocycles. The summed E-state index contributed by atoms with van der Waals surface area (Å²) < 4.78 is 32.0. The van der Waals surface area contributed by atoms with Gasteiger partial charge in [-0.3, -0.25) is 15.1 Å². The van der Waals surface area contributed by atoms with Gasteiger partial charge in [0.15, 0.2) is 9.84 Å². The van der Waals surface area contributed by atoms with Crippen LogP contribution in [-0.2, 0) is 19.4 Å². The Kier molecular flexibility index (Phi) is 5.35. The van der Waals surface area contributed by atoms with Gasteiger partial charge in [0.25, 0.3) is 0 Å². The lowest BCUT2D eigenvalue weighted by atomic mass is 10.1. The quantitative estimate of drug-likeness (QED) is 0.811. The summed E-state index contributed by atoms with van der Waals surface area (Å²) in [5, 5.41) is 2.33. The summed E-state index contributed by atoms with van der Waals surface area (Å²) in [6.07, 6.45) is 1.75. The molecule has 2 aromatic rings. The number of carbonyl (C=O) groups is 1. The zero-order valence-corrected chi connectivity index (χ0v) is 16.4. The predicted octanol–water partition coefficient (Wildman–Crippen LogP) is 2.67. The molecule has 1 aliphatic heterocycles. The second-order valence-electron chi connectivity index (χ2n) is 7.62. The van der Waals surface area contributed by atoms with E-state index in [1.54, 1.807) is 75.5 Å². The maximum Gasteiger partial charge on any atom is 0.323 e. The molecule has 1 aromatic heterocycles. The van der Waals surface area contributed by atoms with Crippen molar-refractivity contribution in [2.45, 2.75) is 55.0 Å². The summed E-state index contributed by atoms with van der Waals surface area (Å²) in [7, 11) is -3.66. The van der Waals surface area contributed by atoms with Crippen molar-refractivity contribution in [3.8, 4) is 0 Å². The molecule has 3 atom stereocenters. The van der Waals surface area contributed by atoms with Crippen LogP contribution in [0.5, 0.6) is 0 Å². The molecule has 0 spiro atoms. The van der Waals surface area contributed by atoms with Crippen molar-refractivity contribution in [1.29, 1.82) is 0 Å². The van der Waals surface area contributed by atoms with Gasteiger partial charge in [-0.05, 0) is 51.5 Å². The monoisotopic (exact) mass is 388 g/mol. The summed E-state index contributed by atoms with van der Waals surface area (Å²) in [4.78, 5) is 17.1. The summed E-state index contributed by atoms with van der Waals surface area (Å²) in [5.41, 5.74) is -0.0524. The molecule has 3 unspecified atom stereocenters. The number of nitrogens with one attached hydrogen (secondary N) is 1. The van der Waals surface area contributed by atoms with E-state index in [9.17, 15) is 13.2 Å². The van der Waals surface area contributed by atoms with Gasteiger partial charge in [-0.25, -0.2) is 8.42 Å². The van der Waals surface area contributed by atoms with Crippen LogP contribution in [0.3, 0.4) is 0 Å². The summed E-state index contributed by atoms with van der Waals surface area (Å²) in [6, 6.07) is 12.3. The van der Waals surface area contributed by atoms with Gasteiger partial charge in [0.2, 0.25) is 0 Å². The van der Waals surface area contributed by atoms with Gasteiger partial charge in [0.05, 0.1) is 21.9 Å². The van der Waals surface area contributed by atoms with Crippen molar-refractivity contribution >= 4 is 15.8 Å². The van der Waals surface area contributed by atoms with E-state index in [-0.39, 0.29) is 11.3 Å². The minimum absolute atomic E-state index is 0.132. The molecule has 1 aliphatic rings. The third-order valence-electron chi connectivity index (χ3n) is 4.39. The molecule has 6 nitrogen and oxygen atoms in total. The molecule has 3 rings (SSSR count). The number of aromatic nitrogens is 1. The number of benzene rings is 1. The molecule has 2 heterocycles. The standard InChI is InChI=1S/C20H24N2O4S/c1-20(2,3)26-19(23)16-13-17(18(22-16)15-11-7-8-12-21-15)27(24,25)14-9-5-4-6-10-14/h4-12,16-18,22H,13H2,1-3H3. The zero-order chi connectivity index (χ0) is 19.7. The fourth-order valence-electron chi connectivity index (χ4n) is 3.22. The molecule has 0 amide bonds. The predicted molar refractivity (Wildman–Crippen MR) is 102 cm³/mol. The Labute approximate surface area is 159 Å². The van der Waals surface area contributed by atoms with Gasteiger partial charge < -0.3 is 4.74 Å². The highest BCUT2D eigenvalue weighted by atomic mass is 32.2. The van der Waals surface area contributed by atoms with E-state index in [2.05, 4.69) is 10.3 Å². The number of pyridine rings is 1. The number of carbonyl (C=O) groups excluding carboxylic acids is 1. The molecule has 1 aromatic carbocycles. The highest BCUT2D eigenvalue weighted by Gasteiger charge is 2.47. The summed E-state index contributed by atoms with van der Waals surface area (Å²) in [5.74, 6) is -0.450. The molecule has 1 fully saturated rings. The number of esters is 1. The first-order chi connectivity index (χ1) is 12.7. The van der Waals surface area contributed by atoms with Gasteiger partial charge in [-0.2, -0.15) is 0 Å². The lowest BCUT2D eigenvalue weighted by Gasteiger charge is -2.22. The third-order valence-corrected chi connectivity index (χ3v) is 6.58. The smallest absolute Gasteiger partial charge is 0.323 e. The Morgan fingerprint density at radius 2 is 1.78 bits per heavy atom. The normalized spacial score (nSPS) is 23.1. The second kappa shape index (κ2) is 7.40. The number of sulfone groups is 1. The summed E-state index contributed by atoms with van der Waals surface area (Å²) in [6.45, 7) is 5.36. The van der Waals surface area contributed by atoms with Crippen molar-refractivity contribution in [2.24, 2.45) is 0 Å². The lowest BCUT2D eigenvalue weighted by Crippen LogP contribution is -2.38. The van der Waals surface area contributed by atoms with Gasteiger partial charge in [-0.15, -0.1) is 0 Å². The molecule has 0 aliphatic carbocycles. The van der Waals surface area contributed by atoms with Crippen LogP contribution in [0.1, 0.15) is 38.9 Å². The van der Waals surface area contributed by atoms with Crippen molar-refractivity contribution in [2.75, 3.05) is 0 Å². The van der Waals surface area contributed by atoms with E-state index in [1.807, 2.05) is 0 Å². The molecule has 144 valence electrons. The van der Waals surface area contributed by atoms with Crippen LogP contribution >= 0.6 is 0 Å². The Balaban J connectivity index is 1.95. The Morgan fingerprint density at radius 3 is 2.37 bits per heavy atom. The van der Waals surface area contributed by atoms with Gasteiger partial charge in [0.1, 0.15) is 11.6 Å². The van der Waals surface area contributed by atoms with E-state index in [0.717, 1.165) is 0 Å². The average molecular weight is 388 g/mol. The first-order valence-corrected chi connectivity index (χ1v) is 10.4. The van der Waals surface area contributed by atoms with E-state index in [0.29, 0.717) is 5.69 Å². The highest BCUT2D eigenvalue weighted by Crippen LogP contribution is 2.35. The van der Waals surface area contributed by atoms with Gasteiger partial charge in [-0.1, -0.05) is 24.3 Å². The van der Waals surface area contributed by atoms with E-state index < -0.39 is 38.7 Å². The van der Waals surface area contributed by atoms with E-state index >= 15 is 0 Å². The van der Waals surface area contributed by atoms with Crippen molar-refractivity contribution < 1.29 is 17.9 Å². The maximum absolute atomic E-state index is 13.3. The maximum atomic E-state index is 13.3. The highest BCUT2D eigenvalue weighted by molar-refractivity contribution is 7.92. The van der Waals surface area contributed by atoms with Crippen LogP contribution < -0.4 is 5.32 Å². The molecule has 0 bridgehead atoms. The lowest BCUT2D eigenvalue weighted by molar-refractivity contribution is -0.157. The average Bonchev–Trinajstić information content (AvgIpc) is 3.08. The van der Waals surface area contributed by atoms with Crippen LogP contribution in [-0.4, -0.2) is 36.3 Å². The third kappa shape index (κ3) is 4.36. The van der Waals surface area contributed by atoms with Gasteiger partial charge in [0, 0.05) is 6.20 Å². The van der Waals surface area contributed by atoms with Crippen LogP contribution in [0.4, 0.5) is 0 Å². The second-order valence-corrected chi connectivity index (χ2v) is 9.78. The fraction of sp³-hybridized carbons (Fsp3) is 0.400. The SMILES string of the molecule is CC(C)(C)OC(=O)C1CC(S(=O)(=O)c2ccccc2)C(c2ccccn2)N1. The Hall–Kier alpha value is -2.25. The Morgan fingerprint density at radius 1 is 1.11 bits per heavy atom. The first-order valence-electron chi connectivity index (χ1n) is 8.87. The number of hydrogen-bond donors (Lipinski definition) is 1. The first kappa shape index (κ1) is 19.5. The van der Waals surface area contributed by atoms with Crippen LogP contribution in [0.25, 0.3) is 0 Å². The minimum Gasteiger partial charge on any atom is -0.459 e. The van der Waals surface area contributed by atoms with E-state index in [4.69, 9.17) is 4.74 Å². The fourth-order valence-corrected chi connectivity index (χ4v) is 5.13. The topological polar surface area (TPSA) is 85.4 Å². The molecule has 0 radical (unpaired) electrons. The molecule has 0 saturated carbocycles. The zero-order valence-electron chi connectivity index (χ0n) is 15.6. The van der Waals surface area contributed by atoms with Crippen LogP contribution in [0, 0.1) is 0 Å². The number of nitrogens with zero attached hydrogens (tertiary/aromatic N) is 1. The molecule has 7 heteroatoms.